The summed E-state index contributed by atoms with van der Waals surface area (Å²) >= 11 is 1.76. The van der Waals surface area contributed by atoms with Gasteiger partial charge in [-0.1, -0.05) is 19.1 Å². The average Bonchev–Trinajstić information content (AvgIpc) is 2.67. The van der Waals surface area contributed by atoms with Gasteiger partial charge in [-0.3, -0.25) is 0 Å². The van der Waals surface area contributed by atoms with E-state index in [1.807, 2.05) is 0 Å². The van der Waals surface area contributed by atoms with Crippen LogP contribution in [0.2, 0.25) is 0 Å². The molecule has 0 saturated carbocycles. The van der Waals surface area contributed by atoms with E-state index < -0.39 is 0 Å². The van der Waals surface area contributed by atoms with Gasteiger partial charge in [-0.05, 0) is 12.8 Å². The summed E-state index contributed by atoms with van der Waals surface area (Å²) < 4.78 is 0. The lowest BCUT2D eigenvalue weighted by Crippen LogP contribution is -2.26. The number of hydrogen-bond donors (Lipinski definition) is 0. The number of nitrogens with zero attached hydrogens (tertiary/aromatic N) is 2. The molecule has 0 radical (unpaired) electrons. The highest BCUT2D eigenvalue weighted by Gasteiger charge is 2.10. The van der Waals surface area contributed by atoms with E-state index in [0.29, 0.717) is 0 Å². The summed E-state index contributed by atoms with van der Waals surface area (Å²) in [6.07, 6.45) is 6.66. The zero-order valence-corrected chi connectivity index (χ0v) is 8.68. The van der Waals surface area contributed by atoms with Crippen LogP contribution >= 0.6 is 11.3 Å². The van der Waals surface area contributed by atoms with Crippen LogP contribution in [0.25, 0.3) is 0 Å². The predicted molar refractivity (Wildman–Crippen MR) is 57.5 cm³/mol. The number of thiazole rings is 1. The Morgan fingerprint density at radius 2 is 2.46 bits per heavy atom. The highest BCUT2D eigenvalue weighted by molar-refractivity contribution is 7.13. The molecule has 0 aromatic carbocycles. The van der Waals surface area contributed by atoms with Gasteiger partial charge in [0, 0.05) is 18.5 Å². The molecule has 0 fully saturated rings. The van der Waals surface area contributed by atoms with Crippen LogP contribution < -0.4 is 4.90 Å². The first-order valence-corrected chi connectivity index (χ1v) is 5.62. The minimum atomic E-state index is 1.02. The lowest BCUT2D eigenvalue weighted by molar-refractivity contribution is 0.813. The fourth-order valence-corrected chi connectivity index (χ4v) is 2.36. The molecule has 0 saturated heterocycles. The van der Waals surface area contributed by atoms with Crippen molar-refractivity contribution in [3.05, 3.63) is 23.2 Å². The van der Waals surface area contributed by atoms with E-state index >= 15 is 0 Å². The van der Waals surface area contributed by atoms with E-state index in [-0.39, 0.29) is 0 Å². The second-order valence-electron chi connectivity index (χ2n) is 3.18. The maximum atomic E-state index is 4.56. The van der Waals surface area contributed by atoms with Gasteiger partial charge in [0.05, 0.1) is 5.69 Å². The minimum absolute atomic E-state index is 1.02. The van der Waals surface area contributed by atoms with E-state index in [1.165, 1.54) is 10.8 Å². The number of aromatic nitrogens is 1. The fraction of sp³-hybridized carbons (Fsp3) is 0.500. The van der Waals surface area contributed by atoms with E-state index in [0.717, 1.165) is 25.9 Å². The van der Waals surface area contributed by atoms with Gasteiger partial charge in [0.2, 0.25) is 0 Å². The second-order valence-corrected chi connectivity index (χ2v) is 4.02. The van der Waals surface area contributed by atoms with Crippen molar-refractivity contribution < 1.29 is 0 Å². The normalized spacial score (nSPS) is 16.5. The number of hydrogen-bond acceptors (Lipinski definition) is 3. The van der Waals surface area contributed by atoms with Gasteiger partial charge < -0.3 is 4.90 Å². The molecule has 13 heavy (non-hydrogen) atoms. The van der Waals surface area contributed by atoms with Crippen LogP contribution in [0.1, 0.15) is 19.0 Å². The highest BCUT2D eigenvalue weighted by atomic mass is 32.1. The summed E-state index contributed by atoms with van der Waals surface area (Å²) in [4.78, 5) is 6.90. The van der Waals surface area contributed by atoms with Crippen LogP contribution in [0.15, 0.2) is 17.5 Å². The monoisotopic (exact) mass is 194 g/mol. The molecule has 3 heteroatoms. The van der Waals surface area contributed by atoms with Gasteiger partial charge in [-0.25, -0.2) is 4.98 Å². The Kier molecular flexibility index (Phi) is 2.64. The van der Waals surface area contributed by atoms with Crippen molar-refractivity contribution in [1.29, 1.82) is 0 Å². The topological polar surface area (TPSA) is 16.1 Å². The largest absolute Gasteiger partial charge is 0.344 e. The van der Waals surface area contributed by atoms with Crippen LogP contribution in [0.3, 0.4) is 0 Å². The molecule has 0 amide bonds. The van der Waals surface area contributed by atoms with Gasteiger partial charge in [0.15, 0.2) is 5.13 Å². The van der Waals surface area contributed by atoms with Crippen molar-refractivity contribution in [2.75, 3.05) is 18.0 Å². The molecule has 1 aliphatic rings. The standard InChI is InChI=1S/C10H14N2S/c1-2-9-8-13-10(11-9)12-6-4-3-5-7-12/h3-4,8H,2,5-7H2,1H3. The summed E-state index contributed by atoms with van der Waals surface area (Å²) in [6, 6.07) is 0. The molecule has 0 N–H and O–H groups in total. The second kappa shape index (κ2) is 3.92. The van der Waals surface area contributed by atoms with Crippen LogP contribution in [-0.4, -0.2) is 18.1 Å². The first-order chi connectivity index (χ1) is 6.40. The molecule has 2 rings (SSSR count). The predicted octanol–water partition coefficient (Wildman–Crippen LogP) is 2.47. The highest BCUT2D eigenvalue weighted by Crippen LogP contribution is 2.22. The molecule has 1 aromatic rings. The quantitative estimate of drug-likeness (QED) is 0.672. The van der Waals surface area contributed by atoms with E-state index in [9.17, 15) is 0 Å². The Labute approximate surface area is 82.9 Å². The Bertz CT molecular complexity index is 304. The Hall–Kier alpha value is -0.830. The van der Waals surface area contributed by atoms with Crippen molar-refractivity contribution in [3.8, 4) is 0 Å². The van der Waals surface area contributed by atoms with Crippen molar-refractivity contribution >= 4 is 16.5 Å². The first-order valence-electron chi connectivity index (χ1n) is 4.74. The van der Waals surface area contributed by atoms with Crippen LogP contribution in [0.5, 0.6) is 0 Å². The first kappa shape index (κ1) is 8.75. The molecule has 2 heterocycles. The molecular formula is C10H14N2S. The van der Waals surface area contributed by atoms with Gasteiger partial charge >= 0.3 is 0 Å². The van der Waals surface area contributed by atoms with Gasteiger partial charge in [0.25, 0.3) is 0 Å². The van der Waals surface area contributed by atoms with Gasteiger partial charge in [0.1, 0.15) is 0 Å². The molecular weight excluding hydrogens is 180 g/mol. The fourth-order valence-electron chi connectivity index (χ4n) is 1.42. The molecule has 0 atom stereocenters. The maximum absolute atomic E-state index is 4.56. The Balaban J connectivity index is 2.10. The average molecular weight is 194 g/mol. The van der Waals surface area contributed by atoms with E-state index in [4.69, 9.17) is 0 Å². The molecule has 0 spiro atoms. The third-order valence-corrected chi connectivity index (χ3v) is 3.18. The van der Waals surface area contributed by atoms with Crippen LogP contribution in [0.4, 0.5) is 5.13 Å². The van der Waals surface area contributed by atoms with Crippen molar-refractivity contribution in [1.82, 2.24) is 4.98 Å². The summed E-state index contributed by atoms with van der Waals surface area (Å²) in [5.74, 6) is 0. The van der Waals surface area contributed by atoms with Crippen LogP contribution in [-0.2, 0) is 6.42 Å². The summed E-state index contributed by atoms with van der Waals surface area (Å²) in [5.41, 5.74) is 1.22. The lowest BCUT2D eigenvalue weighted by Gasteiger charge is -2.22. The number of rotatable bonds is 2. The van der Waals surface area contributed by atoms with E-state index in [2.05, 4.69) is 34.3 Å². The smallest absolute Gasteiger partial charge is 0.185 e. The maximum Gasteiger partial charge on any atom is 0.185 e. The molecule has 2 nitrogen and oxygen atoms in total. The summed E-state index contributed by atoms with van der Waals surface area (Å²) in [5, 5.41) is 3.34. The Morgan fingerprint density at radius 3 is 3.08 bits per heavy atom. The zero-order chi connectivity index (χ0) is 9.10. The summed E-state index contributed by atoms with van der Waals surface area (Å²) in [7, 11) is 0. The third kappa shape index (κ3) is 1.91. The van der Waals surface area contributed by atoms with Crippen molar-refractivity contribution in [2.45, 2.75) is 19.8 Å². The lowest BCUT2D eigenvalue weighted by atomic mass is 10.3. The van der Waals surface area contributed by atoms with Gasteiger partial charge in [-0.2, -0.15) is 0 Å². The molecule has 1 aliphatic heterocycles. The molecule has 0 aliphatic carbocycles. The number of aryl methyl sites for hydroxylation is 1. The van der Waals surface area contributed by atoms with E-state index in [1.54, 1.807) is 11.3 Å². The van der Waals surface area contributed by atoms with Crippen molar-refractivity contribution in [3.63, 3.8) is 0 Å². The molecule has 70 valence electrons. The SMILES string of the molecule is CCc1csc(N2CC=CCC2)n1. The molecule has 0 unspecified atom stereocenters. The third-order valence-electron chi connectivity index (χ3n) is 2.23. The summed E-state index contributed by atoms with van der Waals surface area (Å²) in [6.45, 7) is 4.29. The van der Waals surface area contributed by atoms with Gasteiger partial charge in [-0.15, -0.1) is 11.3 Å². The zero-order valence-electron chi connectivity index (χ0n) is 7.86. The van der Waals surface area contributed by atoms with Crippen molar-refractivity contribution in [2.24, 2.45) is 0 Å². The minimum Gasteiger partial charge on any atom is -0.344 e. The molecule has 0 bridgehead atoms. The Morgan fingerprint density at radius 1 is 1.54 bits per heavy atom. The number of anilines is 1. The van der Waals surface area contributed by atoms with Crippen LogP contribution in [0, 0.1) is 0 Å². The molecule has 1 aromatic heterocycles.